The molecule has 0 saturated carbocycles. The van der Waals surface area contributed by atoms with Crippen LogP contribution in [0.5, 0.6) is 0 Å². The Bertz CT molecular complexity index is 709. The van der Waals surface area contributed by atoms with Crippen molar-refractivity contribution < 1.29 is 18.0 Å². The van der Waals surface area contributed by atoms with Crippen LogP contribution in [0, 0.1) is 0 Å². The highest BCUT2D eigenvalue weighted by atomic mass is 19.4. The Hall–Kier alpha value is -2.39. The molecule has 0 aliphatic carbocycles. The van der Waals surface area contributed by atoms with Gasteiger partial charge in [-0.25, -0.2) is 4.68 Å². The molecule has 0 aliphatic rings. The summed E-state index contributed by atoms with van der Waals surface area (Å²) in [5.41, 5.74) is 5.64. The first-order valence-electron chi connectivity index (χ1n) is 7.61. The lowest BCUT2D eigenvalue weighted by Gasteiger charge is -2.15. The molecule has 1 unspecified atom stereocenters. The molecule has 0 aliphatic heterocycles. The maximum atomic E-state index is 12.9. The van der Waals surface area contributed by atoms with Gasteiger partial charge in [-0.3, -0.25) is 4.79 Å². The van der Waals surface area contributed by atoms with Crippen molar-refractivity contribution in [2.24, 2.45) is 5.73 Å². The third-order valence-corrected chi connectivity index (χ3v) is 3.54. The zero-order valence-corrected chi connectivity index (χ0v) is 13.9. The quantitative estimate of drug-likeness (QED) is 0.832. The Kier molecular flexibility index (Phi) is 5.81. The second kappa shape index (κ2) is 7.66. The van der Waals surface area contributed by atoms with E-state index in [1.807, 2.05) is 19.0 Å². The van der Waals surface area contributed by atoms with Gasteiger partial charge in [-0.15, -0.1) is 0 Å². The van der Waals surface area contributed by atoms with E-state index in [-0.39, 0.29) is 11.6 Å². The fourth-order valence-electron chi connectivity index (χ4n) is 2.17. The lowest BCUT2D eigenvalue weighted by molar-refractivity contribution is -0.142. The van der Waals surface area contributed by atoms with Crippen molar-refractivity contribution in [1.82, 2.24) is 14.7 Å². The summed E-state index contributed by atoms with van der Waals surface area (Å²) < 4.78 is 39.5. The van der Waals surface area contributed by atoms with Crippen molar-refractivity contribution in [2.75, 3.05) is 26.0 Å². The number of carbonyl (C=O) groups is 1. The summed E-state index contributed by atoms with van der Waals surface area (Å²) in [5.74, 6) is -0.343. The van der Waals surface area contributed by atoms with Gasteiger partial charge in [0.05, 0.1) is 17.9 Å². The lowest BCUT2D eigenvalue weighted by atomic mass is 10.2. The molecule has 25 heavy (non-hydrogen) atoms. The number of rotatable bonds is 6. The zero-order chi connectivity index (χ0) is 18.6. The first kappa shape index (κ1) is 18.9. The molecule has 3 N–H and O–H groups in total. The molecule has 1 atom stereocenters. The first-order valence-corrected chi connectivity index (χ1v) is 7.61. The van der Waals surface area contributed by atoms with Crippen molar-refractivity contribution in [3.05, 3.63) is 42.2 Å². The number of carbonyl (C=O) groups excluding carboxylic acids is 1. The van der Waals surface area contributed by atoms with E-state index in [1.165, 1.54) is 24.3 Å². The van der Waals surface area contributed by atoms with E-state index in [2.05, 4.69) is 10.4 Å². The number of nitrogens with one attached hydrogen (secondary N) is 1. The fourth-order valence-corrected chi connectivity index (χ4v) is 2.17. The van der Waals surface area contributed by atoms with Crippen LogP contribution in [0.25, 0.3) is 5.69 Å². The van der Waals surface area contributed by atoms with E-state index in [4.69, 9.17) is 5.73 Å². The standard InChI is InChI=1S/C16H20F3N5O/c1-23(2)10-8-13(20)15(25)22-11-3-5-12(6-4-11)24-14(7-9-21-24)16(17,18)19/h3-7,9,13H,8,10,20H2,1-2H3,(H,22,25). The van der Waals surface area contributed by atoms with Crippen LogP contribution >= 0.6 is 0 Å². The Morgan fingerprint density at radius 1 is 1.28 bits per heavy atom. The van der Waals surface area contributed by atoms with Crippen LogP contribution in [-0.2, 0) is 11.0 Å². The van der Waals surface area contributed by atoms with Gasteiger partial charge in [0.2, 0.25) is 5.91 Å². The summed E-state index contributed by atoms with van der Waals surface area (Å²) in [6, 6.07) is 6.15. The molecule has 136 valence electrons. The Morgan fingerprint density at radius 2 is 1.92 bits per heavy atom. The van der Waals surface area contributed by atoms with E-state index < -0.39 is 17.9 Å². The highest BCUT2D eigenvalue weighted by Gasteiger charge is 2.35. The van der Waals surface area contributed by atoms with E-state index in [1.54, 1.807) is 0 Å². The number of amides is 1. The van der Waals surface area contributed by atoms with Gasteiger partial charge in [0.1, 0.15) is 5.69 Å². The molecule has 1 aromatic carbocycles. The van der Waals surface area contributed by atoms with Crippen molar-refractivity contribution in [1.29, 1.82) is 0 Å². The number of hydrogen-bond donors (Lipinski definition) is 2. The highest BCUT2D eigenvalue weighted by molar-refractivity contribution is 5.94. The summed E-state index contributed by atoms with van der Waals surface area (Å²) in [4.78, 5) is 13.9. The van der Waals surface area contributed by atoms with Gasteiger partial charge in [-0.05, 0) is 57.4 Å². The molecule has 0 bridgehead atoms. The predicted molar refractivity (Wildman–Crippen MR) is 88.3 cm³/mol. The van der Waals surface area contributed by atoms with Crippen LogP contribution in [0.2, 0.25) is 0 Å². The maximum Gasteiger partial charge on any atom is 0.433 e. The second-order valence-electron chi connectivity index (χ2n) is 5.86. The average molecular weight is 355 g/mol. The van der Waals surface area contributed by atoms with E-state index in [0.29, 0.717) is 18.7 Å². The summed E-state index contributed by atoms with van der Waals surface area (Å²) >= 11 is 0. The third kappa shape index (κ3) is 5.04. The number of anilines is 1. The normalized spacial score (nSPS) is 13.1. The monoisotopic (exact) mass is 355 g/mol. The molecule has 0 spiro atoms. The summed E-state index contributed by atoms with van der Waals surface area (Å²) in [5, 5.41) is 6.35. The van der Waals surface area contributed by atoms with E-state index in [9.17, 15) is 18.0 Å². The molecule has 1 aromatic heterocycles. The summed E-state index contributed by atoms with van der Waals surface area (Å²) in [7, 11) is 3.77. The molecule has 1 heterocycles. The number of hydrogen-bond acceptors (Lipinski definition) is 4. The minimum absolute atomic E-state index is 0.243. The molecular formula is C16H20F3N5O. The van der Waals surface area contributed by atoms with Crippen molar-refractivity contribution in [3.8, 4) is 5.69 Å². The van der Waals surface area contributed by atoms with Gasteiger partial charge in [0.25, 0.3) is 0 Å². The van der Waals surface area contributed by atoms with Gasteiger partial charge in [-0.1, -0.05) is 0 Å². The first-order chi connectivity index (χ1) is 11.7. The fraction of sp³-hybridized carbons (Fsp3) is 0.375. The number of halogens is 3. The molecule has 0 radical (unpaired) electrons. The van der Waals surface area contributed by atoms with Crippen LogP contribution in [0.4, 0.5) is 18.9 Å². The summed E-state index contributed by atoms with van der Waals surface area (Å²) in [6.07, 6.45) is -2.91. The van der Waals surface area contributed by atoms with Gasteiger partial charge < -0.3 is 16.0 Å². The average Bonchev–Trinajstić information content (AvgIpc) is 3.03. The molecule has 1 amide bonds. The zero-order valence-electron chi connectivity index (χ0n) is 13.9. The molecule has 2 rings (SSSR count). The number of aromatic nitrogens is 2. The number of alkyl halides is 3. The molecule has 2 aromatic rings. The van der Waals surface area contributed by atoms with Crippen LogP contribution < -0.4 is 11.1 Å². The third-order valence-electron chi connectivity index (χ3n) is 3.54. The SMILES string of the molecule is CN(C)CCC(N)C(=O)Nc1ccc(-n2nccc2C(F)(F)F)cc1. The highest BCUT2D eigenvalue weighted by Crippen LogP contribution is 2.30. The topological polar surface area (TPSA) is 76.2 Å². The van der Waals surface area contributed by atoms with Crippen molar-refractivity contribution in [3.63, 3.8) is 0 Å². The Balaban J connectivity index is 2.06. The minimum atomic E-state index is -4.50. The Labute approximate surface area is 143 Å². The lowest BCUT2D eigenvalue weighted by Crippen LogP contribution is -2.37. The molecule has 6 nitrogen and oxygen atoms in total. The Morgan fingerprint density at radius 3 is 2.48 bits per heavy atom. The predicted octanol–water partition coefficient (Wildman–Crippen LogP) is 2.11. The molecule has 0 saturated heterocycles. The van der Waals surface area contributed by atoms with Gasteiger partial charge in [0, 0.05) is 5.69 Å². The second-order valence-corrected chi connectivity index (χ2v) is 5.86. The van der Waals surface area contributed by atoms with Crippen molar-refractivity contribution >= 4 is 11.6 Å². The van der Waals surface area contributed by atoms with Crippen LogP contribution in [0.15, 0.2) is 36.5 Å². The molecule has 9 heteroatoms. The van der Waals surface area contributed by atoms with Gasteiger partial charge >= 0.3 is 6.18 Å². The van der Waals surface area contributed by atoms with E-state index >= 15 is 0 Å². The largest absolute Gasteiger partial charge is 0.433 e. The smallest absolute Gasteiger partial charge is 0.325 e. The molecule has 0 fully saturated rings. The maximum absolute atomic E-state index is 12.9. The van der Waals surface area contributed by atoms with Crippen molar-refractivity contribution in [2.45, 2.75) is 18.6 Å². The molecular weight excluding hydrogens is 335 g/mol. The van der Waals surface area contributed by atoms with Crippen LogP contribution in [0.3, 0.4) is 0 Å². The number of nitrogens with zero attached hydrogens (tertiary/aromatic N) is 3. The number of nitrogens with two attached hydrogens (primary N) is 1. The van der Waals surface area contributed by atoms with Crippen LogP contribution in [0.1, 0.15) is 12.1 Å². The summed E-state index contributed by atoms with van der Waals surface area (Å²) in [6.45, 7) is 0.674. The van der Waals surface area contributed by atoms with Gasteiger partial charge in [0.15, 0.2) is 0 Å². The number of benzene rings is 1. The van der Waals surface area contributed by atoms with Crippen LogP contribution in [-0.4, -0.2) is 47.3 Å². The van der Waals surface area contributed by atoms with Gasteiger partial charge in [-0.2, -0.15) is 18.3 Å². The van der Waals surface area contributed by atoms with E-state index in [0.717, 1.165) is 16.9 Å². The minimum Gasteiger partial charge on any atom is -0.325 e.